The van der Waals surface area contributed by atoms with Gasteiger partial charge in [-0.25, -0.2) is 0 Å². The van der Waals surface area contributed by atoms with Crippen molar-refractivity contribution in [3.63, 3.8) is 0 Å². The average molecular weight is 191 g/mol. The highest BCUT2D eigenvalue weighted by atomic mass is 15.2. The first kappa shape index (κ1) is 11.1. The lowest BCUT2D eigenvalue weighted by Crippen LogP contribution is -2.37. The first-order chi connectivity index (χ1) is 6.54. The van der Waals surface area contributed by atoms with Gasteiger partial charge in [-0.3, -0.25) is 0 Å². The standard InChI is InChI=1S/C13H21N/c1-10(2)14(11(3)4)13-9-7-6-8-12(13)5/h6-7,9-11H,5,8H2,1-4H3. The van der Waals surface area contributed by atoms with Crippen molar-refractivity contribution in [2.45, 2.75) is 46.2 Å². The second-order valence-electron chi connectivity index (χ2n) is 4.38. The third kappa shape index (κ3) is 2.28. The Morgan fingerprint density at radius 3 is 2.21 bits per heavy atom. The summed E-state index contributed by atoms with van der Waals surface area (Å²) in [6.45, 7) is 13.0. The molecule has 1 rings (SSSR count). The summed E-state index contributed by atoms with van der Waals surface area (Å²) in [6, 6.07) is 1.06. The average Bonchev–Trinajstić information content (AvgIpc) is 2.07. The second-order valence-corrected chi connectivity index (χ2v) is 4.38. The number of allylic oxidation sites excluding steroid dienone is 4. The summed E-state index contributed by atoms with van der Waals surface area (Å²) in [5.74, 6) is 0. The van der Waals surface area contributed by atoms with Crippen molar-refractivity contribution in [1.82, 2.24) is 4.90 Å². The maximum Gasteiger partial charge on any atom is 0.0400 e. The van der Waals surface area contributed by atoms with Crippen LogP contribution in [-0.4, -0.2) is 17.0 Å². The molecule has 0 N–H and O–H groups in total. The van der Waals surface area contributed by atoms with E-state index >= 15 is 0 Å². The van der Waals surface area contributed by atoms with Crippen LogP contribution in [0.15, 0.2) is 36.1 Å². The molecule has 14 heavy (non-hydrogen) atoms. The van der Waals surface area contributed by atoms with Gasteiger partial charge in [0.1, 0.15) is 0 Å². The number of nitrogens with zero attached hydrogens (tertiary/aromatic N) is 1. The predicted octanol–water partition coefficient (Wildman–Crippen LogP) is 3.51. The molecule has 0 atom stereocenters. The summed E-state index contributed by atoms with van der Waals surface area (Å²) in [4.78, 5) is 2.42. The van der Waals surface area contributed by atoms with Gasteiger partial charge >= 0.3 is 0 Å². The Morgan fingerprint density at radius 1 is 1.21 bits per heavy atom. The Morgan fingerprint density at radius 2 is 1.79 bits per heavy atom. The Hall–Kier alpha value is -0.980. The van der Waals surface area contributed by atoms with Crippen molar-refractivity contribution in [1.29, 1.82) is 0 Å². The Labute approximate surface area is 87.8 Å². The zero-order valence-electron chi connectivity index (χ0n) is 9.75. The van der Waals surface area contributed by atoms with Crippen LogP contribution in [0.25, 0.3) is 0 Å². The molecule has 0 saturated heterocycles. The molecule has 0 aromatic carbocycles. The Balaban J connectivity index is 2.92. The van der Waals surface area contributed by atoms with Crippen molar-refractivity contribution in [3.05, 3.63) is 36.1 Å². The lowest BCUT2D eigenvalue weighted by Gasteiger charge is -2.36. The molecule has 0 aliphatic heterocycles. The molecule has 0 spiro atoms. The molecule has 0 aromatic rings. The van der Waals surface area contributed by atoms with E-state index in [-0.39, 0.29) is 0 Å². The zero-order chi connectivity index (χ0) is 10.7. The molecule has 0 amide bonds. The van der Waals surface area contributed by atoms with E-state index in [4.69, 9.17) is 0 Å². The maximum atomic E-state index is 4.12. The monoisotopic (exact) mass is 191 g/mol. The van der Waals surface area contributed by atoms with Crippen LogP contribution < -0.4 is 0 Å². The van der Waals surface area contributed by atoms with E-state index < -0.39 is 0 Å². The molecular weight excluding hydrogens is 170 g/mol. The van der Waals surface area contributed by atoms with Gasteiger partial charge in [0.2, 0.25) is 0 Å². The van der Waals surface area contributed by atoms with Gasteiger partial charge < -0.3 is 4.90 Å². The molecule has 0 aromatic heterocycles. The highest BCUT2D eigenvalue weighted by molar-refractivity contribution is 5.36. The molecule has 1 nitrogen and oxygen atoms in total. The fourth-order valence-electron chi connectivity index (χ4n) is 2.01. The van der Waals surface area contributed by atoms with Crippen molar-refractivity contribution >= 4 is 0 Å². The van der Waals surface area contributed by atoms with Crippen molar-refractivity contribution in [2.75, 3.05) is 0 Å². The summed E-state index contributed by atoms with van der Waals surface area (Å²) in [5, 5.41) is 0. The molecule has 0 bridgehead atoms. The maximum absolute atomic E-state index is 4.12. The summed E-state index contributed by atoms with van der Waals surface area (Å²) in [6.07, 6.45) is 7.44. The fourth-order valence-corrected chi connectivity index (χ4v) is 2.01. The van der Waals surface area contributed by atoms with Gasteiger partial charge in [-0.1, -0.05) is 18.7 Å². The minimum Gasteiger partial charge on any atom is -0.366 e. The highest BCUT2D eigenvalue weighted by Crippen LogP contribution is 2.25. The summed E-state index contributed by atoms with van der Waals surface area (Å²) < 4.78 is 0. The van der Waals surface area contributed by atoms with E-state index in [9.17, 15) is 0 Å². The van der Waals surface area contributed by atoms with Crippen LogP contribution in [0.4, 0.5) is 0 Å². The van der Waals surface area contributed by atoms with Crippen LogP contribution in [0.5, 0.6) is 0 Å². The van der Waals surface area contributed by atoms with Gasteiger partial charge in [0.25, 0.3) is 0 Å². The molecule has 1 aliphatic carbocycles. The van der Waals surface area contributed by atoms with E-state index in [2.05, 4.69) is 57.4 Å². The Kier molecular flexibility index (Phi) is 3.56. The van der Waals surface area contributed by atoms with Crippen molar-refractivity contribution in [2.24, 2.45) is 0 Å². The minimum absolute atomic E-state index is 0.532. The van der Waals surface area contributed by atoms with Crippen molar-refractivity contribution in [3.8, 4) is 0 Å². The minimum atomic E-state index is 0.532. The first-order valence-electron chi connectivity index (χ1n) is 5.37. The van der Waals surface area contributed by atoms with Crippen LogP contribution in [0.1, 0.15) is 34.1 Å². The fraction of sp³-hybridized carbons (Fsp3) is 0.538. The van der Waals surface area contributed by atoms with E-state index in [1.807, 2.05) is 0 Å². The normalized spacial score (nSPS) is 16.4. The molecule has 1 aliphatic rings. The van der Waals surface area contributed by atoms with Gasteiger partial charge in [0, 0.05) is 17.8 Å². The first-order valence-corrected chi connectivity index (χ1v) is 5.37. The lowest BCUT2D eigenvalue weighted by molar-refractivity contribution is 0.235. The number of hydrogen-bond acceptors (Lipinski definition) is 1. The second kappa shape index (κ2) is 4.50. The molecular formula is C13H21N. The van der Waals surface area contributed by atoms with Gasteiger partial charge in [-0.05, 0) is 45.8 Å². The summed E-state index contributed by atoms with van der Waals surface area (Å²) in [7, 11) is 0. The van der Waals surface area contributed by atoms with E-state index in [1.165, 1.54) is 11.3 Å². The number of rotatable bonds is 3. The van der Waals surface area contributed by atoms with Crippen molar-refractivity contribution < 1.29 is 0 Å². The molecule has 0 heterocycles. The highest BCUT2D eigenvalue weighted by Gasteiger charge is 2.18. The van der Waals surface area contributed by atoms with Gasteiger partial charge in [0.05, 0.1) is 0 Å². The van der Waals surface area contributed by atoms with Crippen LogP contribution in [0.2, 0.25) is 0 Å². The van der Waals surface area contributed by atoms with E-state index in [1.54, 1.807) is 0 Å². The van der Waals surface area contributed by atoms with Crippen LogP contribution in [0.3, 0.4) is 0 Å². The molecule has 0 radical (unpaired) electrons. The molecule has 0 saturated carbocycles. The van der Waals surface area contributed by atoms with Crippen LogP contribution in [0, 0.1) is 0 Å². The van der Waals surface area contributed by atoms with Gasteiger partial charge in [-0.15, -0.1) is 0 Å². The quantitative estimate of drug-likeness (QED) is 0.660. The molecule has 1 heteroatoms. The predicted molar refractivity (Wildman–Crippen MR) is 63.1 cm³/mol. The third-order valence-corrected chi connectivity index (χ3v) is 2.51. The summed E-state index contributed by atoms with van der Waals surface area (Å²) in [5.41, 5.74) is 2.53. The van der Waals surface area contributed by atoms with Crippen LogP contribution in [-0.2, 0) is 0 Å². The van der Waals surface area contributed by atoms with E-state index in [0.29, 0.717) is 12.1 Å². The molecule has 78 valence electrons. The number of hydrogen-bond donors (Lipinski definition) is 0. The topological polar surface area (TPSA) is 3.24 Å². The lowest BCUT2D eigenvalue weighted by atomic mass is 10.0. The smallest absolute Gasteiger partial charge is 0.0400 e. The largest absolute Gasteiger partial charge is 0.366 e. The zero-order valence-corrected chi connectivity index (χ0v) is 9.75. The van der Waals surface area contributed by atoms with Gasteiger partial charge in [0.15, 0.2) is 0 Å². The SMILES string of the molecule is C=C1CC=CC=C1N(C(C)C)C(C)C. The van der Waals surface area contributed by atoms with Crippen LogP contribution >= 0.6 is 0 Å². The molecule has 0 fully saturated rings. The Bertz CT molecular complexity index is 261. The van der Waals surface area contributed by atoms with Gasteiger partial charge in [-0.2, -0.15) is 0 Å². The van der Waals surface area contributed by atoms with E-state index in [0.717, 1.165) is 6.42 Å². The summed E-state index contributed by atoms with van der Waals surface area (Å²) >= 11 is 0. The third-order valence-electron chi connectivity index (χ3n) is 2.51. The molecule has 0 unspecified atom stereocenters.